The number of carboxylic acid groups (broad SMARTS) is 1. The van der Waals surface area contributed by atoms with Crippen LogP contribution in [0.1, 0.15) is 40.1 Å². The van der Waals surface area contributed by atoms with Crippen molar-refractivity contribution >= 4 is 28.3 Å². The van der Waals surface area contributed by atoms with Crippen LogP contribution in [-0.4, -0.2) is 65.2 Å². The third-order valence-electron chi connectivity index (χ3n) is 5.57. The number of piperazine rings is 1. The molecule has 7 nitrogen and oxygen atoms in total. The molecule has 8 heteroatoms. The van der Waals surface area contributed by atoms with Gasteiger partial charge in [-0.15, -0.1) is 11.3 Å². The molecule has 2 fully saturated rings. The lowest BCUT2D eigenvalue weighted by atomic mass is 10.1. The van der Waals surface area contributed by atoms with E-state index in [1.54, 1.807) is 12.3 Å². The van der Waals surface area contributed by atoms with Gasteiger partial charge in [0, 0.05) is 63.1 Å². The topological polar surface area (TPSA) is 72.8 Å². The zero-order valence-electron chi connectivity index (χ0n) is 16.3. The van der Waals surface area contributed by atoms with E-state index >= 15 is 0 Å². The molecule has 2 aromatic rings. The molecule has 2 aromatic heterocycles. The molecule has 2 aliphatic heterocycles. The third kappa shape index (κ3) is 4.12. The number of anilines is 2. The summed E-state index contributed by atoms with van der Waals surface area (Å²) >= 11 is 1.81. The number of carbonyl (C=O) groups is 1. The Hall–Kier alpha value is -2.19. The maximum Gasteiger partial charge on any atom is 0.339 e. The maximum absolute atomic E-state index is 11.6. The van der Waals surface area contributed by atoms with Gasteiger partial charge in [-0.25, -0.2) is 14.8 Å². The molecule has 0 spiro atoms. The van der Waals surface area contributed by atoms with Crippen molar-refractivity contribution in [3.05, 3.63) is 34.5 Å². The molecule has 2 aliphatic rings. The fourth-order valence-electron chi connectivity index (χ4n) is 3.99. The monoisotopic (exact) mass is 401 g/mol. The molecule has 0 aliphatic carbocycles. The van der Waals surface area contributed by atoms with Gasteiger partial charge < -0.3 is 14.9 Å². The lowest BCUT2D eigenvalue weighted by Gasteiger charge is -2.35. The van der Waals surface area contributed by atoms with Crippen molar-refractivity contribution in [2.45, 2.75) is 32.7 Å². The fourth-order valence-corrected chi connectivity index (χ4v) is 4.99. The molecule has 0 saturated carbocycles. The molecule has 28 heavy (non-hydrogen) atoms. The molecule has 0 unspecified atom stereocenters. The Morgan fingerprint density at radius 2 is 1.82 bits per heavy atom. The average Bonchev–Trinajstić information content (AvgIpc) is 3.17. The van der Waals surface area contributed by atoms with Crippen molar-refractivity contribution < 1.29 is 9.90 Å². The second-order valence-corrected chi connectivity index (χ2v) is 8.65. The van der Waals surface area contributed by atoms with Crippen LogP contribution in [0.15, 0.2) is 18.5 Å². The predicted octanol–water partition coefficient (Wildman–Crippen LogP) is 2.86. The number of piperidine rings is 1. The number of aromatic nitrogens is 2. The SMILES string of the molecule is Cc1ccnc(N2CCN(Cc3cnc(N4CCCCC4)s3)CC2)c1C(=O)O. The van der Waals surface area contributed by atoms with E-state index in [0.29, 0.717) is 11.4 Å². The van der Waals surface area contributed by atoms with Crippen LogP contribution in [-0.2, 0) is 6.54 Å². The Morgan fingerprint density at radius 3 is 2.54 bits per heavy atom. The van der Waals surface area contributed by atoms with E-state index in [1.165, 1.54) is 24.1 Å². The van der Waals surface area contributed by atoms with Crippen LogP contribution in [0.4, 0.5) is 10.9 Å². The van der Waals surface area contributed by atoms with Crippen LogP contribution in [0.25, 0.3) is 0 Å². The van der Waals surface area contributed by atoms with Crippen LogP contribution in [0.2, 0.25) is 0 Å². The molecule has 1 N–H and O–H groups in total. The van der Waals surface area contributed by atoms with E-state index in [-0.39, 0.29) is 0 Å². The summed E-state index contributed by atoms with van der Waals surface area (Å²) in [6, 6.07) is 1.76. The zero-order chi connectivity index (χ0) is 19.5. The second kappa shape index (κ2) is 8.45. The third-order valence-corrected chi connectivity index (χ3v) is 6.62. The summed E-state index contributed by atoms with van der Waals surface area (Å²) in [7, 11) is 0. The van der Waals surface area contributed by atoms with E-state index < -0.39 is 5.97 Å². The number of nitrogens with zero attached hydrogens (tertiary/aromatic N) is 5. The van der Waals surface area contributed by atoms with Crippen molar-refractivity contribution in [3.8, 4) is 0 Å². The smallest absolute Gasteiger partial charge is 0.339 e. The summed E-state index contributed by atoms with van der Waals surface area (Å²) in [6.45, 7) is 8.35. The number of aromatic carboxylic acids is 1. The van der Waals surface area contributed by atoms with Crippen LogP contribution in [0.5, 0.6) is 0 Å². The van der Waals surface area contributed by atoms with Crippen molar-refractivity contribution in [2.24, 2.45) is 0 Å². The van der Waals surface area contributed by atoms with Crippen LogP contribution >= 0.6 is 11.3 Å². The molecule has 0 aromatic carbocycles. The highest BCUT2D eigenvalue weighted by atomic mass is 32.1. The lowest BCUT2D eigenvalue weighted by molar-refractivity contribution is 0.0696. The lowest BCUT2D eigenvalue weighted by Crippen LogP contribution is -2.46. The van der Waals surface area contributed by atoms with Crippen LogP contribution in [0, 0.1) is 6.92 Å². The molecule has 2 saturated heterocycles. The van der Waals surface area contributed by atoms with E-state index in [9.17, 15) is 9.90 Å². The van der Waals surface area contributed by atoms with E-state index in [1.807, 2.05) is 24.5 Å². The average molecular weight is 402 g/mol. The Kier molecular flexibility index (Phi) is 5.77. The summed E-state index contributed by atoms with van der Waals surface area (Å²) in [4.78, 5) is 28.9. The normalized spacial score (nSPS) is 18.5. The van der Waals surface area contributed by atoms with Gasteiger partial charge in [-0.3, -0.25) is 4.90 Å². The van der Waals surface area contributed by atoms with Gasteiger partial charge in [0.05, 0.1) is 0 Å². The predicted molar refractivity (Wildman–Crippen MR) is 112 cm³/mol. The number of hydrogen-bond donors (Lipinski definition) is 1. The summed E-state index contributed by atoms with van der Waals surface area (Å²) in [6.07, 6.45) is 7.58. The molecule has 0 atom stereocenters. The fraction of sp³-hybridized carbons (Fsp3) is 0.550. The maximum atomic E-state index is 11.6. The van der Waals surface area contributed by atoms with E-state index in [0.717, 1.165) is 56.5 Å². The number of thiazole rings is 1. The Bertz CT molecular complexity index is 826. The van der Waals surface area contributed by atoms with Crippen molar-refractivity contribution in [1.82, 2.24) is 14.9 Å². The largest absolute Gasteiger partial charge is 0.478 e. The Labute approximate surface area is 169 Å². The first-order chi connectivity index (χ1) is 13.6. The second-order valence-electron chi connectivity index (χ2n) is 7.55. The molecule has 4 rings (SSSR count). The zero-order valence-corrected chi connectivity index (χ0v) is 17.1. The first-order valence-corrected chi connectivity index (χ1v) is 10.8. The van der Waals surface area contributed by atoms with Gasteiger partial charge in [0.15, 0.2) is 5.13 Å². The minimum absolute atomic E-state index is 0.324. The molecule has 150 valence electrons. The number of carboxylic acids is 1. The summed E-state index contributed by atoms with van der Waals surface area (Å²) in [5.41, 5.74) is 1.08. The van der Waals surface area contributed by atoms with E-state index in [2.05, 4.69) is 24.7 Å². The van der Waals surface area contributed by atoms with E-state index in [4.69, 9.17) is 0 Å². The van der Waals surface area contributed by atoms with Crippen molar-refractivity contribution in [2.75, 3.05) is 49.1 Å². The summed E-state index contributed by atoms with van der Waals surface area (Å²) < 4.78 is 0. The standard InChI is InChI=1S/C20H27N5O2S/c1-15-5-6-21-18(17(15)19(26)27)24-11-9-23(10-12-24)14-16-13-22-20(28-16)25-7-3-2-4-8-25/h5-6,13H,2-4,7-12,14H2,1H3,(H,26,27). The highest BCUT2D eigenvalue weighted by Gasteiger charge is 2.24. The van der Waals surface area contributed by atoms with Crippen molar-refractivity contribution in [3.63, 3.8) is 0 Å². The first kappa shape index (κ1) is 19.1. The summed E-state index contributed by atoms with van der Waals surface area (Å²) in [5.74, 6) is -0.310. The van der Waals surface area contributed by atoms with Gasteiger partial charge in [-0.05, 0) is 37.8 Å². The highest BCUT2D eigenvalue weighted by Crippen LogP contribution is 2.27. The van der Waals surface area contributed by atoms with Gasteiger partial charge in [-0.2, -0.15) is 0 Å². The number of pyridine rings is 1. The van der Waals surface area contributed by atoms with Crippen LogP contribution in [0.3, 0.4) is 0 Å². The Balaban J connectivity index is 1.36. The van der Waals surface area contributed by atoms with Crippen LogP contribution < -0.4 is 9.80 Å². The minimum atomic E-state index is -0.905. The first-order valence-electron chi connectivity index (χ1n) is 9.97. The van der Waals surface area contributed by atoms with Gasteiger partial charge in [0.2, 0.25) is 0 Å². The molecular weight excluding hydrogens is 374 g/mol. The quantitative estimate of drug-likeness (QED) is 0.826. The molecule has 4 heterocycles. The van der Waals surface area contributed by atoms with Gasteiger partial charge >= 0.3 is 5.97 Å². The van der Waals surface area contributed by atoms with Gasteiger partial charge in [-0.1, -0.05) is 0 Å². The minimum Gasteiger partial charge on any atom is -0.478 e. The number of aryl methyl sites for hydroxylation is 1. The molecule has 0 radical (unpaired) electrons. The highest BCUT2D eigenvalue weighted by molar-refractivity contribution is 7.15. The molecule has 0 bridgehead atoms. The number of rotatable bonds is 5. The number of hydrogen-bond acceptors (Lipinski definition) is 7. The molecule has 0 amide bonds. The van der Waals surface area contributed by atoms with Gasteiger partial charge in [0.25, 0.3) is 0 Å². The van der Waals surface area contributed by atoms with Gasteiger partial charge in [0.1, 0.15) is 11.4 Å². The molecular formula is C20H27N5O2S. The van der Waals surface area contributed by atoms with Crippen molar-refractivity contribution in [1.29, 1.82) is 0 Å². The summed E-state index contributed by atoms with van der Waals surface area (Å²) in [5, 5.41) is 10.7. The Morgan fingerprint density at radius 1 is 1.07 bits per heavy atom.